The highest BCUT2D eigenvalue weighted by molar-refractivity contribution is 6.34. The molecule has 0 aromatic heterocycles. The lowest BCUT2D eigenvalue weighted by molar-refractivity contribution is -0.156. The monoisotopic (exact) mass is 242 g/mol. The molecule has 0 unspecified atom stereocenters. The number of ether oxygens (including phenoxy) is 1. The van der Waals surface area contributed by atoms with Crippen molar-refractivity contribution >= 4 is 11.8 Å². The number of hydrogen-bond donors (Lipinski definition) is 0. The van der Waals surface area contributed by atoms with Crippen molar-refractivity contribution in [1.82, 2.24) is 0 Å². The van der Waals surface area contributed by atoms with E-state index in [9.17, 15) is 18.4 Å². The molecule has 0 radical (unpaired) electrons. The molecule has 1 rings (SSSR count). The first-order chi connectivity index (χ1) is 7.90. The molecule has 5 heteroatoms. The van der Waals surface area contributed by atoms with E-state index in [-0.39, 0.29) is 12.0 Å². The molecule has 0 saturated heterocycles. The summed E-state index contributed by atoms with van der Waals surface area (Å²) in [7, 11) is 0. The highest BCUT2D eigenvalue weighted by Crippen LogP contribution is 2.09. The maximum absolute atomic E-state index is 12.8. The number of carbonyl (C=O) groups excluding carboxylic acids is 2. The average molecular weight is 242 g/mol. The van der Waals surface area contributed by atoms with Crippen LogP contribution in [-0.4, -0.2) is 17.9 Å². The maximum atomic E-state index is 12.8. The zero-order chi connectivity index (χ0) is 13.0. The van der Waals surface area contributed by atoms with Crippen LogP contribution in [0.15, 0.2) is 18.2 Å². The zero-order valence-corrected chi connectivity index (χ0v) is 9.50. The highest BCUT2D eigenvalue weighted by atomic mass is 19.2. The van der Waals surface area contributed by atoms with Crippen molar-refractivity contribution in [1.29, 1.82) is 0 Å². The lowest BCUT2D eigenvalue weighted by Gasteiger charge is -2.06. The highest BCUT2D eigenvalue weighted by Gasteiger charge is 2.17. The Morgan fingerprint density at radius 3 is 2.41 bits per heavy atom. The first kappa shape index (κ1) is 13.3. The van der Waals surface area contributed by atoms with Crippen LogP contribution in [0.25, 0.3) is 0 Å². The predicted octanol–water partition coefficient (Wildman–Crippen LogP) is 2.03. The van der Waals surface area contributed by atoms with Gasteiger partial charge in [0.2, 0.25) is 5.78 Å². The van der Waals surface area contributed by atoms with Gasteiger partial charge < -0.3 is 4.74 Å². The smallest absolute Gasteiger partial charge is 0.375 e. The van der Waals surface area contributed by atoms with E-state index in [1.807, 2.05) is 0 Å². The Morgan fingerprint density at radius 1 is 1.24 bits per heavy atom. The molecule has 0 spiro atoms. The van der Waals surface area contributed by atoms with Crippen LogP contribution in [0.5, 0.6) is 0 Å². The number of ketones is 1. The van der Waals surface area contributed by atoms with Gasteiger partial charge in [0, 0.05) is 6.42 Å². The third kappa shape index (κ3) is 3.94. The minimum atomic E-state index is -1.05. The van der Waals surface area contributed by atoms with Gasteiger partial charge >= 0.3 is 5.97 Å². The molecule has 0 fully saturated rings. The van der Waals surface area contributed by atoms with Crippen molar-refractivity contribution in [3.8, 4) is 0 Å². The van der Waals surface area contributed by atoms with Gasteiger partial charge in [-0.25, -0.2) is 13.6 Å². The second-order valence-electron chi connectivity index (χ2n) is 3.80. The van der Waals surface area contributed by atoms with E-state index in [0.29, 0.717) is 0 Å². The van der Waals surface area contributed by atoms with E-state index in [2.05, 4.69) is 4.74 Å². The summed E-state index contributed by atoms with van der Waals surface area (Å²) < 4.78 is 30.1. The van der Waals surface area contributed by atoms with Gasteiger partial charge in [-0.2, -0.15) is 0 Å². The van der Waals surface area contributed by atoms with E-state index in [1.54, 1.807) is 13.8 Å². The minimum absolute atomic E-state index is 0.231. The van der Waals surface area contributed by atoms with Crippen molar-refractivity contribution in [3.63, 3.8) is 0 Å². The van der Waals surface area contributed by atoms with Gasteiger partial charge in [0.15, 0.2) is 11.6 Å². The fourth-order valence-electron chi connectivity index (χ4n) is 1.19. The Bertz CT molecular complexity index is 441. The topological polar surface area (TPSA) is 43.4 Å². The van der Waals surface area contributed by atoms with Gasteiger partial charge in [-0.1, -0.05) is 6.07 Å². The third-order valence-electron chi connectivity index (χ3n) is 1.92. The number of hydrogen-bond acceptors (Lipinski definition) is 3. The van der Waals surface area contributed by atoms with Gasteiger partial charge in [0.05, 0.1) is 6.10 Å². The fourth-order valence-corrected chi connectivity index (χ4v) is 1.19. The van der Waals surface area contributed by atoms with E-state index in [4.69, 9.17) is 0 Å². The van der Waals surface area contributed by atoms with Crippen LogP contribution in [0.3, 0.4) is 0 Å². The van der Waals surface area contributed by atoms with Crippen LogP contribution in [0.4, 0.5) is 8.78 Å². The fraction of sp³-hybridized carbons (Fsp3) is 0.333. The lowest BCUT2D eigenvalue weighted by atomic mass is 10.1. The number of esters is 1. The molecule has 0 saturated carbocycles. The quantitative estimate of drug-likeness (QED) is 0.599. The van der Waals surface area contributed by atoms with Crippen LogP contribution in [0, 0.1) is 11.6 Å². The Labute approximate surface area is 97.4 Å². The van der Waals surface area contributed by atoms with Crippen LogP contribution in [0.2, 0.25) is 0 Å². The van der Waals surface area contributed by atoms with Crippen LogP contribution < -0.4 is 0 Å². The van der Waals surface area contributed by atoms with Gasteiger partial charge in [0.1, 0.15) is 0 Å². The summed E-state index contributed by atoms with van der Waals surface area (Å²) in [6, 6.07) is 3.04. The van der Waals surface area contributed by atoms with Crippen molar-refractivity contribution in [2.24, 2.45) is 0 Å². The molecule has 0 amide bonds. The number of carbonyl (C=O) groups is 2. The second-order valence-corrected chi connectivity index (χ2v) is 3.80. The summed E-state index contributed by atoms with van der Waals surface area (Å²) in [5.74, 6) is -3.80. The second kappa shape index (κ2) is 5.52. The molecular weight excluding hydrogens is 230 g/mol. The van der Waals surface area contributed by atoms with Crippen LogP contribution in [-0.2, 0) is 20.7 Å². The summed E-state index contributed by atoms with van der Waals surface area (Å²) in [5, 5.41) is 0. The summed E-state index contributed by atoms with van der Waals surface area (Å²) in [6.07, 6.45) is -0.695. The molecule has 0 aliphatic rings. The first-order valence-electron chi connectivity index (χ1n) is 5.08. The maximum Gasteiger partial charge on any atom is 0.375 e. The summed E-state index contributed by atoms with van der Waals surface area (Å²) in [4.78, 5) is 22.5. The Balaban J connectivity index is 2.68. The molecule has 0 heterocycles. The Morgan fingerprint density at radius 2 is 1.88 bits per heavy atom. The van der Waals surface area contributed by atoms with Crippen molar-refractivity contribution < 1.29 is 23.1 Å². The molecule has 3 nitrogen and oxygen atoms in total. The molecule has 0 aliphatic carbocycles. The van der Waals surface area contributed by atoms with Crippen molar-refractivity contribution in [2.75, 3.05) is 0 Å². The number of benzene rings is 1. The van der Waals surface area contributed by atoms with Crippen LogP contribution >= 0.6 is 0 Å². The van der Waals surface area contributed by atoms with Gasteiger partial charge in [-0.3, -0.25) is 4.79 Å². The summed E-state index contributed by atoms with van der Waals surface area (Å²) >= 11 is 0. The van der Waals surface area contributed by atoms with Gasteiger partial charge in [-0.05, 0) is 31.5 Å². The molecule has 1 aromatic carbocycles. The zero-order valence-electron chi connectivity index (χ0n) is 9.50. The first-order valence-corrected chi connectivity index (χ1v) is 5.08. The third-order valence-corrected chi connectivity index (χ3v) is 1.92. The molecule has 92 valence electrons. The SMILES string of the molecule is CC(C)OC(=O)C(=O)Cc1ccc(F)c(F)c1. The molecule has 0 aliphatic heterocycles. The molecule has 17 heavy (non-hydrogen) atoms. The van der Waals surface area contributed by atoms with E-state index in [0.717, 1.165) is 12.1 Å². The normalized spacial score (nSPS) is 10.4. The Kier molecular flexibility index (Phi) is 4.31. The number of halogens is 2. The Hall–Kier alpha value is -1.78. The molecule has 0 N–H and O–H groups in total. The number of Topliss-reactive ketones (excluding diaryl/α,β-unsaturated/α-hetero) is 1. The van der Waals surface area contributed by atoms with Crippen molar-refractivity contribution in [3.05, 3.63) is 35.4 Å². The van der Waals surface area contributed by atoms with Gasteiger partial charge in [0.25, 0.3) is 0 Å². The molecular formula is C12H12F2O3. The van der Waals surface area contributed by atoms with Crippen LogP contribution in [0.1, 0.15) is 19.4 Å². The summed E-state index contributed by atoms with van der Waals surface area (Å²) in [6.45, 7) is 3.23. The van der Waals surface area contributed by atoms with Gasteiger partial charge in [-0.15, -0.1) is 0 Å². The molecule has 0 atom stereocenters. The summed E-state index contributed by atoms with van der Waals surface area (Å²) in [5.41, 5.74) is 0.231. The molecule has 0 bridgehead atoms. The lowest BCUT2D eigenvalue weighted by Crippen LogP contribution is -2.22. The predicted molar refractivity (Wildman–Crippen MR) is 56.3 cm³/mol. The van der Waals surface area contributed by atoms with E-state index < -0.39 is 29.5 Å². The standard InChI is InChI=1S/C12H12F2O3/c1-7(2)17-12(16)11(15)6-8-3-4-9(13)10(14)5-8/h3-5,7H,6H2,1-2H3. The largest absolute Gasteiger partial charge is 0.457 e. The molecule has 1 aromatic rings. The number of rotatable bonds is 4. The minimum Gasteiger partial charge on any atom is -0.457 e. The van der Waals surface area contributed by atoms with E-state index in [1.165, 1.54) is 6.07 Å². The van der Waals surface area contributed by atoms with Crippen molar-refractivity contribution in [2.45, 2.75) is 26.4 Å². The van der Waals surface area contributed by atoms with E-state index >= 15 is 0 Å². The average Bonchev–Trinajstić information content (AvgIpc) is 2.22.